The van der Waals surface area contributed by atoms with Crippen molar-refractivity contribution >= 4 is 32.9 Å². The number of ether oxygens (including phenoxy) is 1. The van der Waals surface area contributed by atoms with E-state index in [4.69, 9.17) is 4.74 Å². The summed E-state index contributed by atoms with van der Waals surface area (Å²) in [7, 11) is -2.12. The third-order valence-electron chi connectivity index (χ3n) is 3.68. The number of hydrogen-bond acceptors (Lipinski definition) is 5. The van der Waals surface area contributed by atoms with Crippen molar-refractivity contribution < 1.29 is 17.9 Å². The van der Waals surface area contributed by atoms with Crippen LogP contribution < -0.4 is 20.1 Å². The van der Waals surface area contributed by atoms with Gasteiger partial charge >= 0.3 is 6.03 Å². The lowest BCUT2D eigenvalue weighted by Gasteiger charge is -2.12. The van der Waals surface area contributed by atoms with Gasteiger partial charge in [-0.1, -0.05) is 12.1 Å². The van der Waals surface area contributed by atoms with Crippen LogP contribution in [0.5, 0.6) is 5.75 Å². The first-order valence-electron chi connectivity index (χ1n) is 8.08. The maximum absolute atomic E-state index is 12.2. The van der Waals surface area contributed by atoms with Crippen molar-refractivity contribution in [2.45, 2.75) is 0 Å². The van der Waals surface area contributed by atoms with E-state index >= 15 is 0 Å². The zero-order valence-electron chi connectivity index (χ0n) is 14.5. The Balaban J connectivity index is 1.51. The van der Waals surface area contributed by atoms with Gasteiger partial charge < -0.3 is 15.4 Å². The summed E-state index contributed by atoms with van der Waals surface area (Å²) in [5, 5.41) is 9.17. The summed E-state index contributed by atoms with van der Waals surface area (Å²) < 4.78 is 33.6. The van der Waals surface area contributed by atoms with Crippen molar-refractivity contribution in [1.82, 2.24) is 14.9 Å². The average Bonchev–Trinajstić information content (AvgIpc) is 3.09. The first-order valence-corrected chi connectivity index (χ1v) is 9.74. The number of carbonyl (C=O) groups is 1. The minimum Gasteiger partial charge on any atom is -0.495 e. The second-order valence-electron chi connectivity index (χ2n) is 5.62. The molecule has 0 saturated carbocycles. The van der Waals surface area contributed by atoms with Crippen molar-refractivity contribution in [2.24, 2.45) is 0 Å². The molecule has 9 nitrogen and oxygen atoms in total. The lowest BCUT2D eigenvalue weighted by molar-refractivity contribution is 0.252. The van der Waals surface area contributed by atoms with E-state index in [0.717, 1.165) is 5.52 Å². The second-order valence-corrected chi connectivity index (χ2v) is 7.46. The first-order chi connectivity index (χ1) is 13.0. The summed E-state index contributed by atoms with van der Waals surface area (Å²) in [6.07, 6.45) is 3.28. The van der Waals surface area contributed by atoms with E-state index in [1.54, 1.807) is 59.4 Å². The van der Waals surface area contributed by atoms with Gasteiger partial charge in [0.1, 0.15) is 5.75 Å². The van der Waals surface area contributed by atoms with Gasteiger partial charge in [0, 0.05) is 18.9 Å². The molecule has 27 heavy (non-hydrogen) atoms. The van der Waals surface area contributed by atoms with E-state index in [0.29, 0.717) is 17.1 Å². The van der Waals surface area contributed by atoms with Crippen LogP contribution in [0.4, 0.5) is 16.2 Å². The van der Waals surface area contributed by atoms with E-state index < -0.39 is 16.1 Å². The predicted octanol–water partition coefficient (Wildman–Crippen LogP) is 1.91. The van der Waals surface area contributed by atoms with Crippen LogP contribution >= 0.6 is 0 Å². The Kier molecular flexibility index (Phi) is 5.46. The van der Waals surface area contributed by atoms with Crippen LogP contribution in [0.15, 0.2) is 54.9 Å². The van der Waals surface area contributed by atoms with Gasteiger partial charge in [0.15, 0.2) is 0 Å². The molecule has 2 heterocycles. The number of carbonyl (C=O) groups excluding carboxylic acids is 1. The van der Waals surface area contributed by atoms with Crippen molar-refractivity contribution in [2.75, 3.05) is 29.4 Å². The van der Waals surface area contributed by atoms with E-state index in [9.17, 15) is 13.2 Å². The van der Waals surface area contributed by atoms with Gasteiger partial charge in [-0.25, -0.2) is 17.7 Å². The van der Waals surface area contributed by atoms with Gasteiger partial charge in [-0.05, 0) is 30.3 Å². The highest BCUT2D eigenvalue weighted by molar-refractivity contribution is 7.92. The summed E-state index contributed by atoms with van der Waals surface area (Å²) in [5.41, 5.74) is 1.69. The normalized spacial score (nSPS) is 11.1. The number of benzene rings is 1. The SMILES string of the molecule is COc1ccccc1NC(=O)NCCS(=O)(=O)Nc1ccn2nccc2c1. The molecule has 3 rings (SSSR count). The minimum atomic E-state index is -3.61. The van der Waals surface area contributed by atoms with Gasteiger partial charge in [0.25, 0.3) is 0 Å². The third kappa shape index (κ3) is 4.88. The molecule has 2 aromatic heterocycles. The Morgan fingerprint density at radius 3 is 2.85 bits per heavy atom. The van der Waals surface area contributed by atoms with Gasteiger partial charge in [-0.3, -0.25) is 4.72 Å². The first kappa shape index (κ1) is 18.5. The number of para-hydroxylation sites is 2. The Morgan fingerprint density at radius 2 is 2.04 bits per heavy atom. The summed E-state index contributed by atoms with van der Waals surface area (Å²) in [5.74, 6) is 0.244. The van der Waals surface area contributed by atoms with Crippen LogP contribution in [-0.2, 0) is 10.0 Å². The molecule has 2 amide bonds. The number of nitrogens with one attached hydrogen (secondary N) is 3. The van der Waals surface area contributed by atoms with E-state index in [-0.39, 0.29) is 12.3 Å². The molecular formula is C17H19N5O4S. The molecule has 0 aliphatic heterocycles. The summed E-state index contributed by atoms with van der Waals surface area (Å²) >= 11 is 0. The third-order valence-corrected chi connectivity index (χ3v) is 4.97. The number of anilines is 2. The van der Waals surface area contributed by atoms with Crippen molar-refractivity contribution in [1.29, 1.82) is 0 Å². The smallest absolute Gasteiger partial charge is 0.319 e. The fourth-order valence-electron chi connectivity index (χ4n) is 2.43. The lowest BCUT2D eigenvalue weighted by Crippen LogP contribution is -2.34. The van der Waals surface area contributed by atoms with E-state index in [1.807, 2.05) is 0 Å². The fraction of sp³-hybridized carbons (Fsp3) is 0.176. The molecule has 1 aromatic carbocycles. The highest BCUT2D eigenvalue weighted by Gasteiger charge is 2.12. The zero-order valence-corrected chi connectivity index (χ0v) is 15.4. The number of urea groups is 1. The van der Waals surface area contributed by atoms with Crippen LogP contribution in [-0.4, -0.2) is 43.5 Å². The molecule has 0 aliphatic rings. The molecule has 3 aromatic rings. The van der Waals surface area contributed by atoms with Crippen LogP contribution in [0.25, 0.3) is 5.52 Å². The van der Waals surface area contributed by atoms with Crippen LogP contribution in [0.1, 0.15) is 0 Å². The number of fused-ring (bicyclic) bond motifs is 1. The summed E-state index contributed by atoms with van der Waals surface area (Å²) in [6, 6.07) is 11.5. The largest absolute Gasteiger partial charge is 0.495 e. The number of amides is 2. The number of aromatic nitrogens is 2. The minimum absolute atomic E-state index is 0.0504. The lowest BCUT2D eigenvalue weighted by atomic mass is 10.3. The maximum Gasteiger partial charge on any atom is 0.319 e. The maximum atomic E-state index is 12.2. The molecule has 0 fully saturated rings. The van der Waals surface area contributed by atoms with E-state index in [1.165, 1.54) is 7.11 Å². The monoisotopic (exact) mass is 389 g/mol. The molecule has 0 atom stereocenters. The Hall–Kier alpha value is -3.27. The van der Waals surface area contributed by atoms with Crippen molar-refractivity contribution in [3.8, 4) is 5.75 Å². The molecule has 10 heteroatoms. The zero-order chi connectivity index (χ0) is 19.3. The van der Waals surface area contributed by atoms with Gasteiger partial charge in [0.2, 0.25) is 10.0 Å². The Bertz CT molecular complexity index is 1050. The van der Waals surface area contributed by atoms with Crippen molar-refractivity contribution in [3.05, 3.63) is 54.9 Å². The molecule has 0 radical (unpaired) electrons. The van der Waals surface area contributed by atoms with Gasteiger partial charge in [0.05, 0.1) is 29.8 Å². The number of rotatable bonds is 7. The predicted molar refractivity (Wildman–Crippen MR) is 103 cm³/mol. The van der Waals surface area contributed by atoms with Crippen LogP contribution in [0, 0.1) is 0 Å². The molecule has 0 spiro atoms. The molecule has 3 N–H and O–H groups in total. The molecule has 0 aliphatic carbocycles. The van der Waals surface area contributed by atoms with Gasteiger partial charge in [-0.2, -0.15) is 5.10 Å². The molecule has 142 valence electrons. The molecule has 0 saturated heterocycles. The van der Waals surface area contributed by atoms with Crippen LogP contribution in [0.2, 0.25) is 0 Å². The number of methoxy groups -OCH3 is 1. The molecule has 0 unspecified atom stereocenters. The molecule has 0 bridgehead atoms. The molecular weight excluding hydrogens is 370 g/mol. The summed E-state index contributed by atoms with van der Waals surface area (Å²) in [6.45, 7) is -0.0504. The number of nitrogens with zero attached hydrogens (tertiary/aromatic N) is 2. The van der Waals surface area contributed by atoms with Crippen LogP contribution in [0.3, 0.4) is 0 Å². The quantitative estimate of drug-likeness (QED) is 0.571. The Labute approximate surface area is 156 Å². The Morgan fingerprint density at radius 1 is 1.22 bits per heavy atom. The van der Waals surface area contributed by atoms with E-state index in [2.05, 4.69) is 20.5 Å². The van der Waals surface area contributed by atoms with Gasteiger partial charge in [-0.15, -0.1) is 0 Å². The number of hydrogen-bond donors (Lipinski definition) is 3. The summed E-state index contributed by atoms with van der Waals surface area (Å²) in [4.78, 5) is 11.9. The average molecular weight is 389 g/mol. The number of sulfonamides is 1. The number of pyridine rings is 1. The topological polar surface area (TPSA) is 114 Å². The fourth-order valence-corrected chi connectivity index (χ4v) is 3.39. The highest BCUT2D eigenvalue weighted by atomic mass is 32.2. The standard InChI is InChI=1S/C17H19N5O4S/c1-26-16-5-3-2-4-15(16)20-17(23)18-9-11-27(24,25)21-13-7-10-22-14(12-13)6-8-19-22/h2-8,10,12,21H,9,11H2,1H3,(H2,18,20,23). The highest BCUT2D eigenvalue weighted by Crippen LogP contribution is 2.22. The second kappa shape index (κ2) is 7.96. The van der Waals surface area contributed by atoms with Crippen molar-refractivity contribution in [3.63, 3.8) is 0 Å².